The van der Waals surface area contributed by atoms with E-state index in [0.29, 0.717) is 15.5 Å². The first-order valence-corrected chi connectivity index (χ1v) is 7.74. The molecule has 2 N–H and O–H groups in total. The molecule has 0 radical (unpaired) electrons. The molecule has 20 heavy (non-hydrogen) atoms. The summed E-state index contributed by atoms with van der Waals surface area (Å²) in [4.78, 5) is 2.07. The Hall–Kier alpha value is -1.20. The number of halogens is 2. The fourth-order valence-electron chi connectivity index (χ4n) is 1.80. The first kappa shape index (κ1) is 15.2. The highest BCUT2D eigenvalue weighted by Crippen LogP contribution is 2.33. The zero-order valence-corrected chi connectivity index (χ0v) is 14.5. The van der Waals surface area contributed by atoms with Crippen molar-refractivity contribution in [1.29, 1.82) is 0 Å². The standard InChI is InChI=1S/C15H16Br2N2O/c1-19(2)12-5-3-11(4-6-12)18-9-10-7-13(16)15(20)14(17)8-10/h3-8,18,20H,9H2,1-2H3. The molecular weight excluding hydrogens is 384 g/mol. The summed E-state index contributed by atoms with van der Waals surface area (Å²) in [5, 5.41) is 13.0. The first-order chi connectivity index (χ1) is 9.47. The molecule has 0 atom stereocenters. The SMILES string of the molecule is CN(C)c1ccc(NCc2cc(Br)c(O)c(Br)c2)cc1. The number of phenols is 1. The van der Waals surface area contributed by atoms with E-state index in [1.165, 1.54) is 5.69 Å². The van der Waals surface area contributed by atoms with Gasteiger partial charge in [-0.05, 0) is 73.8 Å². The van der Waals surface area contributed by atoms with Crippen LogP contribution in [0.4, 0.5) is 11.4 Å². The Morgan fingerprint density at radius 2 is 1.60 bits per heavy atom. The third-order valence-corrected chi connectivity index (χ3v) is 4.17. The lowest BCUT2D eigenvalue weighted by molar-refractivity contribution is 0.468. The molecule has 0 aliphatic heterocycles. The van der Waals surface area contributed by atoms with Gasteiger partial charge in [0.2, 0.25) is 0 Å². The minimum absolute atomic E-state index is 0.226. The number of benzene rings is 2. The lowest BCUT2D eigenvalue weighted by Gasteiger charge is -2.13. The predicted octanol–water partition coefficient (Wildman–Crippen LogP) is 4.60. The lowest BCUT2D eigenvalue weighted by Crippen LogP contribution is -2.08. The Labute approximate surface area is 135 Å². The van der Waals surface area contributed by atoms with E-state index in [4.69, 9.17) is 0 Å². The van der Waals surface area contributed by atoms with Crippen molar-refractivity contribution in [3.05, 3.63) is 50.9 Å². The summed E-state index contributed by atoms with van der Waals surface area (Å²) in [6.45, 7) is 0.693. The number of hydrogen-bond acceptors (Lipinski definition) is 3. The molecule has 0 bridgehead atoms. The van der Waals surface area contributed by atoms with E-state index in [2.05, 4.69) is 66.3 Å². The van der Waals surface area contributed by atoms with Crippen LogP contribution in [0.2, 0.25) is 0 Å². The van der Waals surface area contributed by atoms with E-state index < -0.39 is 0 Å². The number of aromatic hydroxyl groups is 1. The van der Waals surface area contributed by atoms with Gasteiger partial charge in [-0.2, -0.15) is 0 Å². The van der Waals surface area contributed by atoms with Crippen LogP contribution in [0.5, 0.6) is 5.75 Å². The van der Waals surface area contributed by atoms with E-state index in [1.807, 2.05) is 26.2 Å². The molecule has 0 amide bonds. The zero-order chi connectivity index (χ0) is 14.7. The highest BCUT2D eigenvalue weighted by Gasteiger charge is 2.05. The Morgan fingerprint density at radius 1 is 1.05 bits per heavy atom. The molecule has 0 aliphatic carbocycles. The van der Waals surface area contributed by atoms with Gasteiger partial charge in [0.15, 0.2) is 0 Å². The van der Waals surface area contributed by atoms with Crippen LogP contribution < -0.4 is 10.2 Å². The van der Waals surface area contributed by atoms with Crippen LogP contribution in [0, 0.1) is 0 Å². The molecule has 0 fully saturated rings. The Kier molecular flexibility index (Phi) is 4.94. The summed E-state index contributed by atoms with van der Waals surface area (Å²) in [7, 11) is 4.04. The van der Waals surface area contributed by atoms with Crippen LogP contribution in [0.25, 0.3) is 0 Å². The second-order valence-corrected chi connectivity index (χ2v) is 6.41. The molecule has 0 spiro atoms. The molecule has 0 aromatic heterocycles. The van der Waals surface area contributed by atoms with Gasteiger partial charge >= 0.3 is 0 Å². The summed E-state index contributed by atoms with van der Waals surface area (Å²) in [5.41, 5.74) is 3.32. The number of hydrogen-bond donors (Lipinski definition) is 2. The molecule has 2 rings (SSSR count). The van der Waals surface area contributed by atoms with Gasteiger partial charge in [-0.25, -0.2) is 0 Å². The second-order valence-electron chi connectivity index (χ2n) is 4.70. The fourth-order valence-corrected chi connectivity index (χ4v) is 3.08. The smallest absolute Gasteiger partial charge is 0.143 e. The van der Waals surface area contributed by atoms with Crippen LogP contribution >= 0.6 is 31.9 Å². The average molecular weight is 400 g/mol. The van der Waals surface area contributed by atoms with Gasteiger partial charge in [0.25, 0.3) is 0 Å². The predicted molar refractivity (Wildman–Crippen MR) is 91.6 cm³/mol. The van der Waals surface area contributed by atoms with Crippen LogP contribution in [0.15, 0.2) is 45.3 Å². The van der Waals surface area contributed by atoms with E-state index in [0.717, 1.165) is 11.3 Å². The summed E-state index contributed by atoms with van der Waals surface area (Å²) in [6, 6.07) is 12.1. The molecule has 2 aromatic rings. The van der Waals surface area contributed by atoms with Crippen molar-refractivity contribution < 1.29 is 5.11 Å². The third kappa shape index (κ3) is 3.67. The number of rotatable bonds is 4. The Bertz CT molecular complexity index is 574. The largest absolute Gasteiger partial charge is 0.506 e. The van der Waals surface area contributed by atoms with Crippen molar-refractivity contribution >= 4 is 43.2 Å². The first-order valence-electron chi connectivity index (χ1n) is 6.15. The van der Waals surface area contributed by atoms with E-state index in [1.54, 1.807) is 0 Å². The molecule has 0 unspecified atom stereocenters. The monoisotopic (exact) mass is 398 g/mol. The Balaban J connectivity index is 2.05. The van der Waals surface area contributed by atoms with Crippen molar-refractivity contribution in [2.24, 2.45) is 0 Å². The van der Waals surface area contributed by atoms with Crippen LogP contribution in [-0.4, -0.2) is 19.2 Å². The van der Waals surface area contributed by atoms with Crippen molar-refractivity contribution in [2.45, 2.75) is 6.54 Å². The number of nitrogens with zero attached hydrogens (tertiary/aromatic N) is 1. The number of anilines is 2. The van der Waals surface area contributed by atoms with Crippen LogP contribution in [-0.2, 0) is 6.54 Å². The number of phenolic OH excluding ortho intramolecular Hbond substituents is 1. The summed E-state index contributed by atoms with van der Waals surface area (Å²) in [5.74, 6) is 0.226. The Morgan fingerprint density at radius 3 is 2.10 bits per heavy atom. The molecule has 3 nitrogen and oxygen atoms in total. The van der Waals surface area contributed by atoms with E-state index in [-0.39, 0.29) is 5.75 Å². The van der Waals surface area contributed by atoms with E-state index >= 15 is 0 Å². The van der Waals surface area contributed by atoms with Crippen molar-refractivity contribution in [1.82, 2.24) is 0 Å². The van der Waals surface area contributed by atoms with Crippen molar-refractivity contribution in [2.75, 3.05) is 24.3 Å². The molecule has 2 aromatic carbocycles. The number of nitrogens with one attached hydrogen (secondary N) is 1. The molecule has 0 saturated heterocycles. The second kappa shape index (κ2) is 6.50. The van der Waals surface area contributed by atoms with Gasteiger partial charge in [0.05, 0.1) is 8.95 Å². The fraction of sp³-hybridized carbons (Fsp3) is 0.200. The highest BCUT2D eigenvalue weighted by molar-refractivity contribution is 9.11. The molecule has 106 valence electrons. The van der Waals surface area contributed by atoms with Gasteiger partial charge < -0.3 is 15.3 Å². The summed E-state index contributed by atoms with van der Waals surface area (Å²) >= 11 is 6.67. The quantitative estimate of drug-likeness (QED) is 0.788. The van der Waals surface area contributed by atoms with E-state index in [9.17, 15) is 5.11 Å². The normalized spacial score (nSPS) is 10.4. The van der Waals surface area contributed by atoms with Crippen LogP contribution in [0.3, 0.4) is 0 Å². The zero-order valence-electron chi connectivity index (χ0n) is 11.3. The van der Waals surface area contributed by atoms with Crippen molar-refractivity contribution in [3.63, 3.8) is 0 Å². The molecular formula is C15H16Br2N2O. The lowest BCUT2D eigenvalue weighted by atomic mass is 10.2. The van der Waals surface area contributed by atoms with Gasteiger partial charge in [-0.15, -0.1) is 0 Å². The maximum absolute atomic E-state index is 9.68. The van der Waals surface area contributed by atoms with Gasteiger partial charge in [-0.1, -0.05) is 0 Å². The van der Waals surface area contributed by atoms with Gasteiger partial charge in [0.1, 0.15) is 5.75 Å². The topological polar surface area (TPSA) is 35.5 Å². The molecule has 0 aliphatic rings. The maximum atomic E-state index is 9.68. The highest BCUT2D eigenvalue weighted by atomic mass is 79.9. The average Bonchev–Trinajstić information content (AvgIpc) is 2.42. The molecule has 5 heteroatoms. The summed E-state index contributed by atoms with van der Waals surface area (Å²) < 4.78 is 1.37. The molecule has 0 heterocycles. The molecule has 0 saturated carbocycles. The third-order valence-electron chi connectivity index (χ3n) is 2.96. The summed E-state index contributed by atoms with van der Waals surface area (Å²) in [6.07, 6.45) is 0. The van der Waals surface area contributed by atoms with Gasteiger partial charge in [0, 0.05) is 32.0 Å². The van der Waals surface area contributed by atoms with Gasteiger partial charge in [-0.3, -0.25) is 0 Å². The maximum Gasteiger partial charge on any atom is 0.143 e. The minimum atomic E-state index is 0.226. The van der Waals surface area contributed by atoms with Crippen LogP contribution in [0.1, 0.15) is 5.56 Å². The minimum Gasteiger partial charge on any atom is -0.506 e. The van der Waals surface area contributed by atoms with Crippen molar-refractivity contribution in [3.8, 4) is 5.75 Å².